The Morgan fingerprint density at radius 1 is 1.85 bits per heavy atom. The van der Waals surface area contributed by atoms with E-state index in [1.165, 1.54) is 6.20 Å². The molecule has 0 aromatic carbocycles. The zero-order valence-corrected chi connectivity index (χ0v) is 7.14. The van der Waals surface area contributed by atoms with Gasteiger partial charge < -0.3 is 14.9 Å². The molecule has 1 aliphatic rings. The van der Waals surface area contributed by atoms with Gasteiger partial charge in [-0.25, -0.2) is 0 Å². The summed E-state index contributed by atoms with van der Waals surface area (Å²) in [7, 11) is 0. The van der Waals surface area contributed by atoms with Gasteiger partial charge in [-0.1, -0.05) is 0 Å². The molecular weight excluding hydrogens is 174 g/mol. The third-order valence-corrected chi connectivity index (χ3v) is 2.00. The van der Waals surface area contributed by atoms with Gasteiger partial charge in [-0.3, -0.25) is 4.57 Å². The fraction of sp³-hybridized carbons (Fsp3) is 0.571. The standard InChI is InChI=1S/C7H9N3O3/c1-5-2-3-9-4-6(10(11)12)8-7(9)13-5/h4-5H,2-3H2,1H3. The van der Waals surface area contributed by atoms with Crippen LogP contribution >= 0.6 is 0 Å². The number of imidazole rings is 1. The van der Waals surface area contributed by atoms with Gasteiger partial charge in [0.15, 0.2) is 0 Å². The molecule has 0 N–H and O–H groups in total. The number of aromatic nitrogens is 2. The molecule has 2 heterocycles. The van der Waals surface area contributed by atoms with Gasteiger partial charge in [0.05, 0.1) is 0 Å². The Kier molecular flexibility index (Phi) is 1.68. The lowest BCUT2D eigenvalue weighted by Gasteiger charge is -2.17. The van der Waals surface area contributed by atoms with Gasteiger partial charge in [-0.15, -0.1) is 0 Å². The van der Waals surface area contributed by atoms with Crippen molar-refractivity contribution < 1.29 is 9.66 Å². The molecule has 1 unspecified atom stereocenters. The average molecular weight is 183 g/mol. The summed E-state index contributed by atoms with van der Waals surface area (Å²) in [5.74, 6) is -0.149. The van der Waals surface area contributed by atoms with Crippen molar-refractivity contribution in [1.29, 1.82) is 0 Å². The van der Waals surface area contributed by atoms with E-state index in [0.29, 0.717) is 6.01 Å². The van der Waals surface area contributed by atoms with Crippen LogP contribution in [0.2, 0.25) is 0 Å². The predicted molar refractivity (Wildman–Crippen MR) is 43.6 cm³/mol. The van der Waals surface area contributed by atoms with E-state index in [0.717, 1.165) is 13.0 Å². The van der Waals surface area contributed by atoms with Gasteiger partial charge in [0.25, 0.3) is 0 Å². The maximum absolute atomic E-state index is 10.4. The largest absolute Gasteiger partial charge is 0.443 e. The number of hydrogen-bond donors (Lipinski definition) is 0. The first-order chi connectivity index (χ1) is 6.16. The van der Waals surface area contributed by atoms with Crippen LogP contribution in [-0.2, 0) is 6.54 Å². The van der Waals surface area contributed by atoms with Crippen LogP contribution in [0.25, 0.3) is 0 Å². The van der Waals surface area contributed by atoms with Crippen molar-refractivity contribution in [2.24, 2.45) is 0 Å². The molecule has 13 heavy (non-hydrogen) atoms. The summed E-state index contributed by atoms with van der Waals surface area (Å²) in [5, 5.41) is 10.4. The molecule has 0 fully saturated rings. The number of aryl methyl sites for hydroxylation is 1. The second-order valence-electron chi connectivity index (χ2n) is 3.05. The normalized spacial score (nSPS) is 20.5. The van der Waals surface area contributed by atoms with Crippen molar-refractivity contribution in [2.75, 3.05) is 0 Å². The Balaban J connectivity index is 2.33. The first-order valence-corrected chi connectivity index (χ1v) is 4.05. The van der Waals surface area contributed by atoms with Crippen molar-refractivity contribution in [3.8, 4) is 6.01 Å². The smallest absolute Gasteiger partial charge is 0.414 e. The molecule has 0 radical (unpaired) electrons. The summed E-state index contributed by atoms with van der Waals surface area (Å²) in [6.07, 6.45) is 2.36. The van der Waals surface area contributed by atoms with Crippen LogP contribution in [0.1, 0.15) is 13.3 Å². The van der Waals surface area contributed by atoms with Gasteiger partial charge in [0, 0.05) is 17.9 Å². The zero-order valence-electron chi connectivity index (χ0n) is 7.14. The van der Waals surface area contributed by atoms with E-state index in [-0.39, 0.29) is 11.9 Å². The van der Waals surface area contributed by atoms with Gasteiger partial charge in [0.1, 0.15) is 12.3 Å². The van der Waals surface area contributed by atoms with Crippen LogP contribution in [-0.4, -0.2) is 20.6 Å². The number of nitro groups is 1. The molecule has 0 bridgehead atoms. The molecule has 0 saturated carbocycles. The monoisotopic (exact) mass is 183 g/mol. The van der Waals surface area contributed by atoms with Gasteiger partial charge in [-0.05, 0) is 11.8 Å². The Labute approximate surface area is 74.3 Å². The molecule has 1 aliphatic heterocycles. The van der Waals surface area contributed by atoms with Gasteiger partial charge in [-0.2, -0.15) is 0 Å². The lowest BCUT2D eigenvalue weighted by Crippen LogP contribution is -2.22. The van der Waals surface area contributed by atoms with Crippen LogP contribution in [0, 0.1) is 10.1 Å². The molecule has 0 spiro atoms. The van der Waals surface area contributed by atoms with E-state index in [1.807, 2.05) is 6.92 Å². The molecule has 70 valence electrons. The Morgan fingerprint density at radius 2 is 2.62 bits per heavy atom. The highest BCUT2D eigenvalue weighted by atomic mass is 16.6. The van der Waals surface area contributed by atoms with Crippen LogP contribution in [0.5, 0.6) is 6.01 Å². The molecule has 0 amide bonds. The molecule has 1 aromatic rings. The van der Waals surface area contributed by atoms with E-state index in [4.69, 9.17) is 4.74 Å². The summed E-state index contributed by atoms with van der Waals surface area (Å²) in [6, 6.07) is 0.352. The number of rotatable bonds is 1. The highest BCUT2D eigenvalue weighted by molar-refractivity contribution is 5.21. The minimum atomic E-state index is -0.515. The van der Waals surface area contributed by atoms with E-state index in [2.05, 4.69) is 4.98 Å². The van der Waals surface area contributed by atoms with Crippen molar-refractivity contribution in [3.63, 3.8) is 0 Å². The number of nitrogens with zero attached hydrogens (tertiary/aromatic N) is 3. The fourth-order valence-electron chi connectivity index (χ4n) is 1.29. The lowest BCUT2D eigenvalue weighted by molar-refractivity contribution is -0.389. The number of fused-ring (bicyclic) bond motifs is 1. The summed E-state index contributed by atoms with van der Waals surface area (Å²) in [5.41, 5.74) is 0. The lowest BCUT2D eigenvalue weighted by atomic mass is 10.2. The minimum absolute atomic E-state index is 0.0921. The number of ether oxygens (including phenoxy) is 1. The molecule has 1 atom stereocenters. The van der Waals surface area contributed by atoms with Gasteiger partial charge >= 0.3 is 11.8 Å². The summed E-state index contributed by atoms with van der Waals surface area (Å²) in [4.78, 5) is 13.6. The molecule has 0 aliphatic carbocycles. The first kappa shape index (κ1) is 8.03. The zero-order chi connectivity index (χ0) is 9.42. The topological polar surface area (TPSA) is 70.2 Å². The van der Waals surface area contributed by atoms with Gasteiger partial charge in [0.2, 0.25) is 0 Å². The molecule has 1 aromatic heterocycles. The fourth-order valence-corrected chi connectivity index (χ4v) is 1.29. The van der Waals surface area contributed by atoms with Crippen molar-refractivity contribution in [3.05, 3.63) is 16.3 Å². The Bertz CT molecular complexity index is 347. The quantitative estimate of drug-likeness (QED) is 0.480. The van der Waals surface area contributed by atoms with Crippen LogP contribution in [0.15, 0.2) is 6.20 Å². The van der Waals surface area contributed by atoms with Crippen LogP contribution in [0.4, 0.5) is 5.82 Å². The molecule has 0 saturated heterocycles. The average Bonchev–Trinajstić information content (AvgIpc) is 2.46. The van der Waals surface area contributed by atoms with Crippen molar-refractivity contribution in [1.82, 2.24) is 9.55 Å². The van der Waals surface area contributed by atoms with Crippen LogP contribution < -0.4 is 4.74 Å². The molecule has 2 rings (SSSR count). The summed E-state index contributed by atoms with van der Waals surface area (Å²) >= 11 is 0. The van der Waals surface area contributed by atoms with Crippen molar-refractivity contribution in [2.45, 2.75) is 26.0 Å². The predicted octanol–water partition coefficient (Wildman–Crippen LogP) is 0.962. The third kappa shape index (κ3) is 1.34. The maximum atomic E-state index is 10.4. The van der Waals surface area contributed by atoms with E-state index < -0.39 is 4.92 Å². The highest BCUT2D eigenvalue weighted by Crippen LogP contribution is 2.23. The Morgan fingerprint density at radius 3 is 3.31 bits per heavy atom. The summed E-state index contributed by atoms with van der Waals surface area (Å²) < 4.78 is 6.97. The molecular formula is C7H9N3O3. The second-order valence-corrected chi connectivity index (χ2v) is 3.05. The minimum Gasteiger partial charge on any atom is -0.443 e. The summed E-state index contributed by atoms with van der Waals surface area (Å²) in [6.45, 7) is 2.65. The third-order valence-electron chi connectivity index (χ3n) is 2.00. The highest BCUT2D eigenvalue weighted by Gasteiger charge is 2.25. The molecule has 6 heteroatoms. The van der Waals surface area contributed by atoms with E-state index >= 15 is 0 Å². The maximum Gasteiger partial charge on any atom is 0.414 e. The second kappa shape index (κ2) is 2.72. The SMILES string of the molecule is CC1CCn2cc([N+](=O)[O-])nc2O1. The van der Waals surface area contributed by atoms with E-state index in [1.54, 1.807) is 4.57 Å². The van der Waals surface area contributed by atoms with Crippen LogP contribution in [0.3, 0.4) is 0 Å². The number of hydrogen-bond acceptors (Lipinski definition) is 4. The Hall–Kier alpha value is -1.59. The molecule has 6 nitrogen and oxygen atoms in total. The first-order valence-electron chi connectivity index (χ1n) is 4.05. The van der Waals surface area contributed by atoms with E-state index in [9.17, 15) is 10.1 Å². The van der Waals surface area contributed by atoms with Crippen molar-refractivity contribution >= 4 is 5.82 Å².